The minimum atomic E-state index is -1.10. The molecule has 1 saturated carbocycles. The molecule has 17 heavy (non-hydrogen) atoms. The van der Waals surface area contributed by atoms with Crippen molar-refractivity contribution in [2.75, 3.05) is 26.8 Å². The third-order valence-electron chi connectivity index (χ3n) is 3.61. The summed E-state index contributed by atoms with van der Waals surface area (Å²) in [7, 11) is 1.65. The van der Waals surface area contributed by atoms with Gasteiger partial charge in [-0.25, -0.2) is 0 Å². The van der Waals surface area contributed by atoms with E-state index in [2.05, 4.69) is 4.90 Å². The summed E-state index contributed by atoms with van der Waals surface area (Å²) in [6.07, 6.45) is 1.86. The average Bonchev–Trinajstić information content (AvgIpc) is 3.09. The Morgan fingerprint density at radius 1 is 1.65 bits per heavy atom. The molecule has 0 aliphatic heterocycles. The van der Waals surface area contributed by atoms with E-state index in [1.165, 1.54) is 0 Å². The number of nitrogens with two attached hydrogens (primary N) is 1. The Hall–Kier alpha value is -0.650. The van der Waals surface area contributed by atoms with Gasteiger partial charge in [-0.05, 0) is 32.2 Å². The molecule has 3 N–H and O–H groups in total. The predicted octanol–water partition coefficient (Wildman–Crippen LogP) is 0.535. The van der Waals surface area contributed by atoms with E-state index in [-0.39, 0.29) is 12.0 Å². The highest BCUT2D eigenvalue weighted by Crippen LogP contribution is 2.39. The van der Waals surface area contributed by atoms with Gasteiger partial charge in [0.15, 0.2) is 0 Å². The third-order valence-corrected chi connectivity index (χ3v) is 3.61. The molecule has 0 aromatic carbocycles. The summed E-state index contributed by atoms with van der Waals surface area (Å²) < 4.78 is 5.11. The van der Waals surface area contributed by atoms with Crippen molar-refractivity contribution < 1.29 is 14.6 Å². The van der Waals surface area contributed by atoms with E-state index >= 15 is 0 Å². The molecular formula is C12H24N2O3. The fourth-order valence-electron chi connectivity index (χ4n) is 2.23. The number of methoxy groups -OCH3 is 1. The molecule has 0 spiro atoms. The summed E-state index contributed by atoms with van der Waals surface area (Å²) in [5, 5.41) is 9.32. The Balaban J connectivity index is 2.67. The predicted molar refractivity (Wildman–Crippen MR) is 65.9 cm³/mol. The molecule has 0 heterocycles. The van der Waals surface area contributed by atoms with Crippen molar-refractivity contribution in [2.24, 2.45) is 11.7 Å². The highest BCUT2D eigenvalue weighted by Gasteiger charge is 2.49. The first-order valence-electron chi connectivity index (χ1n) is 6.21. The molecule has 1 aliphatic rings. The van der Waals surface area contributed by atoms with E-state index in [0.29, 0.717) is 13.2 Å². The van der Waals surface area contributed by atoms with Crippen LogP contribution in [0.3, 0.4) is 0 Å². The molecule has 0 saturated heterocycles. The first-order valence-corrected chi connectivity index (χ1v) is 6.21. The average molecular weight is 244 g/mol. The van der Waals surface area contributed by atoms with Gasteiger partial charge in [0.05, 0.1) is 6.61 Å². The molecule has 0 amide bonds. The molecule has 2 atom stereocenters. The topological polar surface area (TPSA) is 75.8 Å². The van der Waals surface area contributed by atoms with Crippen LogP contribution >= 0.6 is 0 Å². The van der Waals surface area contributed by atoms with Crippen molar-refractivity contribution in [2.45, 2.75) is 38.3 Å². The molecule has 0 aromatic rings. The number of carboxylic acids is 1. The van der Waals surface area contributed by atoms with Crippen LogP contribution in [0.4, 0.5) is 0 Å². The van der Waals surface area contributed by atoms with Gasteiger partial charge in [-0.2, -0.15) is 0 Å². The lowest BCUT2D eigenvalue weighted by Gasteiger charge is -2.35. The Morgan fingerprint density at radius 3 is 2.59 bits per heavy atom. The van der Waals surface area contributed by atoms with Crippen LogP contribution in [0, 0.1) is 5.92 Å². The van der Waals surface area contributed by atoms with Crippen molar-refractivity contribution >= 4 is 5.97 Å². The summed E-state index contributed by atoms with van der Waals surface area (Å²) >= 11 is 0. The monoisotopic (exact) mass is 244 g/mol. The standard InChI is InChI=1S/C12H24N2O3/c1-4-14(9(2)7-17-3)8-12(13,11(15)16)10-5-6-10/h9-10H,4-8,13H2,1-3H3,(H,15,16). The number of aliphatic carboxylic acids is 1. The van der Waals surface area contributed by atoms with E-state index in [1.54, 1.807) is 7.11 Å². The number of likely N-dealkylation sites (N-methyl/N-ethyl adjacent to an activating group) is 1. The zero-order valence-electron chi connectivity index (χ0n) is 11.0. The van der Waals surface area contributed by atoms with Crippen LogP contribution in [0.1, 0.15) is 26.7 Å². The fourth-order valence-corrected chi connectivity index (χ4v) is 2.23. The van der Waals surface area contributed by atoms with Crippen LogP contribution in [-0.4, -0.2) is 54.4 Å². The van der Waals surface area contributed by atoms with Gasteiger partial charge in [0, 0.05) is 19.7 Å². The summed E-state index contributed by atoms with van der Waals surface area (Å²) in [6, 6.07) is 0.186. The Bertz CT molecular complexity index is 268. The molecule has 0 aromatic heterocycles. The van der Waals surface area contributed by atoms with E-state index < -0.39 is 11.5 Å². The van der Waals surface area contributed by atoms with Crippen LogP contribution in [0.15, 0.2) is 0 Å². The van der Waals surface area contributed by atoms with Crippen molar-refractivity contribution in [1.29, 1.82) is 0 Å². The SMILES string of the molecule is CCN(CC(N)(C(=O)O)C1CC1)C(C)COC. The first-order chi connectivity index (χ1) is 7.95. The molecule has 5 heteroatoms. The van der Waals surface area contributed by atoms with Crippen LogP contribution in [-0.2, 0) is 9.53 Å². The zero-order chi connectivity index (χ0) is 13.1. The van der Waals surface area contributed by atoms with E-state index in [1.807, 2.05) is 13.8 Å². The molecule has 100 valence electrons. The molecule has 1 fully saturated rings. The van der Waals surface area contributed by atoms with E-state index in [9.17, 15) is 9.90 Å². The van der Waals surface area contributed by atoms with Gasteiger partial charge in [0.1, 0.15) is 5.54 Å². The maximum absolute atomic E-state index is 11.4. The van der Waals surface area contributed by atoms with Crippen LogP contribution in [0.2, 0.25) is 0 Å². The highest BCUT2D eigenvalue weighted by atomic mass is 16.5. The molecule has 2 unspecified atom stereocenters. The van der Waals surface area contributed by atoms with Gasteiger partial charge in [-0.3, -0.25) is 9.69 Å². The maximum Gasteiger partial charge on any atom is 0.325 e. The lowest BCUT2D eigenvalue weighted by Crippen LogP contribution is -2.59. The first kappa shape index (κ1) is 14.4. The minimum Gasteiger partial charge on any atom is -0.480 e. The second-order valence-corrected chi connectivity index (χ2v) is 4.99. The maximum atomic E-state index is 11.4. The van der Waals surface area contributed by atoms with Crippen molar-refractivity contribution in [3.8, 4) is 0 Å². The zero-order valence-corrected chi connectivity index (χ0v) is 11.0. The molecule has 5 nitrogen and oxygen atoms in total. The third kappa shape index (κ3) is 3.40. The van der Waals surface area contributed by atoms with Crippen LogP contribution in [0.25, 0.3) is 0 Å². The van der Waals surface area contributed by atoms with E-state index in [0.717, 1.165) is 19.4 Å². The number of hydrogen-bond acceptors (Lipinski definition) is 4. The summed E-state index contributed by atoms with van der Waals surface area (Å²) in [6.45, 7) is 5.81. The van der Waals surface area contributed by atoms with Gasteiger partial charge in [-0.1, -0.05) is 6.92 Å². The molecule has 1 rings (SSSR count). The largest absolute Gasteiger partial charge is 0.480 e. The van der Waals surface area contributed by atoms with Crippen LogP contribution in [0.5, 0.6) is 0 Å². The van der Waals surface area contributed by atoms with Gasteiger partial charge in [0.25, 0.3) is 0 Å². The molecule has 0 bridgehead atoms. The van der Waals surface area contributed by atoms with Crippen molar-refractivity contribution in [1.82, 2.24) is 4.90 Å². The van der Waals surface area contributed by atoms with Gasteiger partial charge >= 0.3 is 5.97 Å². The minimum absolute atomic E-state index is 0.129. The Labute approximate surface area is 103 Å². The summed E-state index contributed by atoms with van der Waals surface area (Å²) in [4.78, 5) is 13.4. The quantitative estimate of drug-likeness (QED) is 0.651. The van der Waals surface area contributed by atoms with Crippen LogP contribution < -0.4 is 5.73 Å². The number of carboxylic acid groups (broad SMARTS) is 1. The normalized spacial score (nSPS) is 21.2. The Kier molecular flexibility index (Phi) is 4.91. The van der Waals surface area contributed by atoms with Crippen molar-refractivity contribution in [3.05, 3.63) is 0 Å². The van der Waals surface area contributed by atoms with Gasteiger partial charge in [-0.15, -0.1) is 0 Å². The summed E-state index contributed by atoms with van der Waals surface area (Å²) in [5.41, 5.74) is 4.98. The van der Waals surface area contributed by atoms with E-state index in [4.69, 9.17) is 10.5 Å². The summed E-state index contributed by atoms with van der Waals surface area (Å²) in [5.74, 6) is -0.758. The number of ether oxygens (including phenoxy) is 1. The Morgan fingerprint density at radius 2 is 2.24 bits per heavy atom. The molecular weight excluding hydrogens is 220 g/mol. The van der Waals surface area contributed by atoms with Gasteiger partial charge < -0.3 is 15.6 Å². The molecule has 0 radical (unpaired) electrons. The smallest absolute Gasteiger partial charge is 0.325 e. The second-order valence-electron chi connectivity index (χ2n) is 4.99. The number of nitrogens with zero attached hydrogens (tertiary/aromatic N) is 1. The number of hydrogen-bond donors (Lipinski definition) is 2. The second kappa shape index (κ2) is 5.80. The number of rotatable bonds is 8. The fraction of sp³-hybridized carbons (Fsp3) is 0.917. The number of carbonyl (C=O) groups is 1. The molecule has 1 aliphatic carbocycles. The lowest BCUT2D eigenvalue weighted by atomic mass is 9.93. The van der Waals surface area contributed by atoms with Crippen molar-refractivity contribution in [3.63, 3.8) is 0 Å². The highest BCUT2D eigenvalue weighted by molar-refractivity contribution is 5.79. The lowest BCUT2D eigenvalue weighted by molar-refractivity contribution is -0.145. The van der Waals surface area contributed by atoms with Gasteiger partial charge in [0.2, 0.25) is 0 Å².